The number of carbonyl (C=O) groups excluding carboxylic acids is 1. The number of aromatic nitrogens is 1. The average Bonchev–Trinajstić information content (AvgIpc) is 3.07. The lowest BCUT2D eigenvalue weighted by atomic mass is 9.88. The van der Waals surface area contributed by atoms with Gasteiger partial charge in [-0.3, -0.25) is 20.2 Å². The third-order valence-corrected chi connectivity index (χ3v) is 8.88. The molecule has 4 N–H and O–H groups in total. The van der Waals surface area contributed by atoms with Gasteiger partial charge >= 0.3 is 0 Å². The highest BCUT2D eigenvalue weighted by atomic mass is 32.2. The van der Waals surface area contributed by atoms with Crippen LogP contribution in [0.5, 0.6) is 5.75 Å². The first kappa shape index (κ1) is 37.1. The molecule has 0 aliphatic heterocycles. The van der Waals surface area contributed by atoms with Crippen LogP contribution in [-0.4, -0.2) is 34.5 Å². The average molecular weight is 677 g/mol. The number of ether oxygens (including phenoxy) is 1. The highest BCUT2D eigenvalue weighted by Crippen LogP contribution is 2.27. The Labute approximate surface area is 294 Å². The van der Waals surface area contributed by atoms with Gasteiger partial charge in [0.05, 0.1) is 18.7 Å². The third-order valence-electron chi connectivity index (χ3n) is 7.89. The van der Waals surface area contributed by atoms with Gasteiger partial charge < -0.3 is 15.5 Å². The monoisotopic (exact) mass is 676 g/mol. The van der Waals surface area contributed by atoms with Crippen molar-refractivity contribution >= 4 is 40.7 Å². The number of unbranched alkanes of at least 4 members (excludes halogenated alkanes) is 3. The van der Waals surface area contributed by atoms with E-state index < -0.39 is 0 Å². The molecule has 0 atom stereocenters. The first-order chi connectivity index (χ1) is 23.4. The van der Waals surface area contributed by atoms with Gasteiger partial charge in [0.2, 0.25) is 5.91 Å². The lowest BCUT2D eigenvalue weighted by Gasteiger charge is -2.21. The van der Waals surface area contributed by atoms with Crippen molar-refractivity contribution in [2.45, 2.75) is 82.9 Å². The van der Waals surface area contributed by atoms with Crippen LogP contribution in [0.1, 0.15) is 76.5 Å². The molecule has 0 saturated carbocycles. The molecule has 1 aromatic heterocycles. The van der Waals surface area contributed by atoms with Crippen molar-refractivity contribution in [1.82, 2.24) is 9.88 Å². The Morgan fingerprint density at radius 3 is 2.33 bits per heavy atom. The van der Waals surface area contributed by atoms with E-state index in [9.17, 15) is 4.79 Å². The molecule has 4 rings (SSSR count). The maximum absolute atomic E-state index is 13.1. The number of amides is 1. The van der Waals surface area contributed by atoms with Gasteiger partial charge in [-0.05, 0) is 72.9 Å². The largest absolute Gasteiger partial charge is 0.494 e. The first-order valence-corrected chi connectivity index (χ1v) is 17.6. The summed E-state index contributed by atoms with van der Waals surface area (Å²) in [7, 11) is 0. The number of aryl methyl sites for hydroxylation is 1. The molecule has 8 nitrogen and oxygen atoms in total. The number of benzene rings is 3. The number of aliphatic imine (C=N–C) groups is 1. The van der Waals surface area contributed by atoms with Crippen LogP contribution in [0, 0.1) is 28.6 Å². The Hall–Kier alpha value is -4.76. The Bertz CT molecular complexity index is 1840. The molecule has 3 aromatic carbocycles. The van der Waals surface area contributed by atoms with Crippen molar-refractivity contribution in [2.24, 2.45) is 10.4 Å². The SMILES string of the molecule is CCCCCCOc1cccc(C(=N)n2cc(Sc3ccc(CC(=O)NC(CC(=N)C(C)(C)C)=Nc4ccc(C)cc4)cc3)ccc2=N)c1. The number of pyridine rings is 1. The highest BCUT2D eigenvalue weighted by molar-refractivity contribution is 7.99. The Balaban J connectivity index is 1.40. The predicted octanol–water partition coefficient (Wildman–Crippen LogP) is 9.10. The lowest BCUT2D eigenvalue weighted by Crippen LogP contribution is -2.35. The molecule has 0 unspecified atom stereocenters. The third kappa shape index (κ3) is 11.7. The number of nitrogens with one attached hydrogen (secondary N) is 4. The van der Waals surface area contributed by atoms with Gasteiger partial charge in [-0.15, -0.1) is 0 Å². The Kier molecular flexibility index (Phi) is 13.3. The molecule has 1 amide bonds. The van der Waals surface area contributed by atoms with Crippen LogP contribution < -0.4 is 15.5 Å². The quantitative estimate of drug-likeness (QED) is 0.0604. The summed E-state index contributed by atoms with van der Waals surface area (Å²) in [5.74, 6) is 1.20. The van der Waals surface area contributed by atoms with Crippen molar-refractivity contribution in [3.8, 4) is 5.75 Å². The van der Waals surface area contributed by atoms with Crippen LogP contribution in [0.3, 0.4) is 0 Å². The van der Waals surface area contributed by atoms with E-state index >= 15 is 0 Å². The summed E-state index contributed by atoms with van der Waals surface area (Å²) in [6.07, 6.45) is 6.76. The summed E-state index contributed by atoms with van der Waals surface area (Å²) in [6, 6.07) is 26.6. The van der Waals surface area contributed by atoms with Gasteiger partial charge in [0.1, 0.15) is 22.9 Å². The van der Waals surface area contributed by atoms with Crippen molar-refractivity contribution < 1.29 is 9.53 Å². The van der Waals surface area contributed by atoms with Crippen LogP contribution in [0.15, 0.2) is 106 Å². The summed E-state index contributed by atoms with van der Waals surface area (Å²) in [6.45, 7) is 10.8. The van der Waals surface area contributed by atoms with E-state index in [-0.39, 0.29) is 35.5 Å². The lowest BCUT2D eigenvalue weighted by molar-refractivity contribution is -0.119. The topological polar surface area (TPSA) is 127 Å². The van der Waals surface area contributed by atoms with E-state index in [1.807, 2.05) is 107 Å². The molecule has 0 radical (unpaired) electrons. The molecule has 0 spiro atoms. The van der Waals surface area contributed by atoms with Crippen LogP contribution in [0.4, 0.5) is 5.69 Å². The minimum Gasteiger partial charge on any atom is -0.494 e. The summed E-state index contributed by atoms with van der Waals surface area (Å²) in [5, 5.41) is 28.8. The second-order valence-corrected chi connectivity index (χ2v) is 14.3. The molecule has 0 aliphatic rings. The van der Waals surface area contributed by atoms with E-state index in [0.29, 0.717) is 23.7 Å². The van der Waals surface area contributed by atoms with Crippen LogP contribution in [-0.2, 0) is 11.2 Å². The summed E-state index contributed by atoms with van der Waals surface area (Å²) < 4.78 is 7.49. The molecule has 0 saturated heterocycles. The second-order valence-electron chi connectivity index (χ2n) is 13.2. The van der Waals surface area contributed by atoms with Crippen molar-refractivity contribution in [3.63, 3.8) is 0 Å². The normalized spacial score (nSPS) is 11.7. The fraction of sp³-hybridized carbons (Fsp3) is 0.325. The molecule has 9 heteroatoms. The van der Waals surface area contributed by atoms with Crippen LogP contribution in [0.2, 0.25) is 0 Å². The van der Waals surface area contributed by atoms with Gasteiger partial charge in [0, 0.05) is 33.7 Å². The second kappa shape index (κ2) is 17.6. The van der Waals surface area contributed by atoms with Crippen molar-refractivity contribution in [3.05, 3.63) is 113 Å². The van der Waals surface area contributed by atoms with E-state index in [1.165, 1.54) is 24.6 Å². The molecular formula is C40H48N6O2S. The molecule has 0 bridgehead atoms. The molecule has 49 heavy (non-hydrogen) atoms. The minimum atomic E-state index is -0.333. The predicted molar refractivity (Wildman–Crippen MR) is 201 cm³/mol. The zero-order chi connectivity index (χ0) is 35.4. The van der Waals surface area contributed by atoms with Gasteiger partial charge in [-0.2, -0.15) is 0 Å². The summed E-state index contributed by atoms with van der Waals surface area (Å²) in [4.78, 5) is 19.6. The maximum atomic E-state index is 13.1. The summed E-state index contributed by atoms with van der Waals surface area (Å²) >= 11 is 1.52. The Morgan fingerprint density at radius 2 is 1.63 bits per heavy atom. The van der Waals surface area contributed by atoms with E-state index in [2.05, 4.69) is 17.2 Å². The number of hydrogen-bond acceptors (Lipinski definition) is 7. The first-order valence-electron chi connectivity index (χ1n) is 16.8. The molecule has 0 aliphatic carbocycles. The van der Waals surface area contributed by atoms with Crippen molar-refractivity contribution in [1.29, 1.82) is 16.2 Å². The number of hydrogen-bond donors (Lipinski definition) is 4. The van der Waals surface area contributed by atoms with Gasteiger partial charge in [0.25, 0.3) is 0 Å². The Morgan fingerprint density at radius 1 is 0.918 bits per heavy atom. The van der Waals surface area contributed by atoms with E-state index in [0.717, 1.165) is 45.2 Å². The molecule has 4 aromatic rings. The fourth-order valence-corrected chi connectivity index (χ4v) is 5.68. The zero-order valence-electron chi connectivity index (χ0n) is 29.2. The number of amidine groups is 1. The highest BCUT2D eigenvalue weighted by Gasteiger charge is 2.20. The standard InChI is InChI=1S/C40H48N6O2S/c1-6-7-8-9-23-48-32-12-10-11-30(25-32)39(43)46-27-34(21-22-36(46)42)49-33-19-15-29(16-20-33)24-38(47)45-37(26-35(41)40(3,4)5)44-31-17-13-28(2)14-18-31/h10-22,25,27,41-43H,6-9,23-24,26H2,1-5H3,(H,44,45,47). The van der Waals surface area contributed by atoms with E-state index in [4.69, 9.17) is 21.0 Å². The maximum Gasteiger partial charge on any atom is 0.229 e. The van der Waals surface area contributed by atoms with Crippen LogP contribution >= 0.6 is 11.8 Å². The van der Waals surface area contributed by atoms with Gasteiger partial charge in [-0.1, -0.05) is 101 Å². The number of carbonyl (C=O) groups is 1. The molecular weight excluding hydrogens is 629 g/mol. The van der Waals surface area contributed by atoms with E-state index in [1.54, 1.807) is 16.8 Å². The number of rotatable bonds is 14. The molecule has 0 fully saturated rings. The molecule has 1 heterocycles. The minimum absolute atomic E-state index is 0.174. The molecule has 256 valence electrons. The van der Waals surface area contributed by atoms with Gasteiger partial charge in [-0.25, -0.2) is 4.99 Å². The van der Waals surface area contributed by atoms with Crippen molar-refractivity contribution in [2.75, 3.05) is 6.61 Å². The summed E-state index contributed by atoms with van der Waals surface area (Å²) in [5.41, 5.74) is 3.76. The number of nitrogens with zero attached hydrogens (tertiary/aromatic N) is 2. The van der Waals surface area contributed by atoms with Gasteiger partial charge in [0.15, 0.2) is 0 Å². The smallest absolute Gasteiger partial charge is 0.229 e. The zero-order valence-corrected chi connectivity index (χ0v) is 30.0. The fourth-order valence-electron chi connectivity index (χ4n) is 4.84. The van der Waals surface area contributed by atoms with Crippen LogP contribution in [0.25, 0.3) is 0 Å².